The minimum atomic E-state index is -0.293. The predicted octanol–water partition coefficient (Wildman–Crippen LogP) is 4.54. The Hall–Kier alpha value is -2.53. The second-order valence-electron chi connectivity index (χ2n) is 6.56. The first-order valence-electron chi connectivity index (χ1n) is 9.13. The van der Waals surface area contributed by atoms with Crippen molar-refractivity contribution in [2.45, 2.75) is 26.7 Å². The number of nitrogens with zero attached hydrogens (tertiary/aromatic N) is 1. The molecule has 0 saturated carbocycles. The highest BCUT2D eigenvalue weighted by molar-refractivity contribution is 6.31. The summed E-state index contributed by atoms with van der Waals surface area (Å²) in [4.78, 5) is 27.3. The molecule has 0 radical (unpaired) electrons. The molecule has 1 saturated heterocycles. The molecular formula is C21H23ClN2O3. The van der Waals surface area contributed by atoms with E-state index in [1.165, 1.54) is 0 Å². The lowest BCUT2D eigenvalue weighted by Gasteiger charge is -2.18. The van der Waals surface area contributed by atoms with E-state index in [-0.39, 0.29) is 11.8 Å². The maximum atomic E-state index is 12.8. The highest BCUT2D eigenvalue weighted by atomic mass is 35.5. The number of nitrogens with one attached hydrogen (secondary N) is 1. The molecule has 5 nitrogen and oxygen atoms in total. The van der Waals surface area contributed by atoms with Gasteiger partial charge in [-0.05, 0) is 68.7 Å². The number of carbonyl (C=O) groups excluding carboxylic acids is 2. The minimum Gasteiger partial charge on any atom is -0.494 e. The number of likely N-dealkylation sites (tertiary alicyclic amines) is 1. The van der Waals surface area contributed by atoms with Gasteiger partial charge >= 0.3 is 0 Å². The summed E-state index contributed by atoms with van der Waals surface area (Å²) in [5.41, 5.74) is 2.26. The lowest BCUT2D eigenvalue weighted by molar-refractivity contribution is 0.0794. The quantitative estimate of drug-likeness (QED) is 0.820. The Morgan fingerprint density at radius 2 is 1.89 bits per heavy atom. The zero-order valence-electron chi connectivity index (χ0n) is 15.5. The summed E-state index contributed by atoms with van der Waals surface area (Å²) < 4.78 is 5.51. The number of ether oxygens (including phenoxy) is 1. The van der Waals surface area contributed by atoms with Gasteiger partial charge in [0.1, 0.15) is 5.75 Å². The van der Waals surface area contributed by atoms with Crippen molar-refractivity contribution in [3.63, 3.8) is 0 Å². The van der Waals surface area contributed by atoms with E-state index in [4.69, 9.17) is 16.3 Å². The van der Waals surface area contributed by atoms with E-state index in [1.54, 1.807) is 41.3 Å². The van der Waals surface area contributed by atoms with Gasteiger partial charge in [0.15, 0.2) is 0 Å². The normalized spacial score (nSPS) is 13.5. The second kappa shape index (κ2) is 8.44. The smallest absolute Gasteiger partial charge is 0.255 e. The zero-order chi connectivity index (χ0) is 19.4. The first-order chi connectivity index (χ1) is 13.0. The third-order valence-corrected chi connectivity index (χ3v) is 4.83. The van der Waals surface area contributed by atoms with Crippen LogP contribution in [0.3, 0.4) is 0 Å². The molecule has 2 aromatic carbocycles. The first-order valence-corrected chi connectivity index (χ1v) is 9.51. The maximum Gasteiger partial charge on any atom is 0.255 e. The van der Waals surface area contributed by atoms with E-state index < -0.39 is 0 Å². The van der Waals surface area contributed by atoms with Crippen LogP contribution in [0.5, 0.6) is 5.75 Å². The summed E-state index contributed by atoms with van der Waals surface area (Å²) in [7, 11) is 0. The molecule has 0 spiro atoms. The van der Waals surface area contributed by atoms with Gasteiger partial charge in [-0.1, -0.05) is 11.6 Å². The molecule has 1 N–H and O–H groups in total. The molecule has 0 bridgehead atoms. The van der Waals surface area contributed by atoms with Crippen molar-refractivity contribution in [1.29, 1.82) is 0 Å². The molecule has 1 aliphatic rings. The number of anilines is 1. The van der Waals surface area contributed by atoms with Gasteiger partial charge in [0, 0.05) is 23.7 Å². The van der Waals surface area contributed by atoms with E-state index in [1.807, 2.05) is 13.8 Å². The Labute approximate surface area is 164 Å². The summed E-state index contributed by atoms with van der Waals surface area (Å²) in [6, 6.07) is 10.2. The zero-order valence-corrected chi connectivity index (χ0v) is 16.3. The molecule has 0 atom stereocenters. The van der Waals surface area contributed by atoms with Crippen LogP contribution >= 0.6 is 11.6 Å². The minimum absolute atomic E-state index is 0.0812. The summed E-state index contributed by atoms with van der Waals surface area (Å²) in [5.74, 6) is 0.378. The number of aryl methyl sites for hydroxylation is 1. The summed E-state index contributed by atoms with van der Waals surface area (Å²) in [6.07, 6.45) is 2.01. The van der Waals surface area contributed by atoms with Gasteiger partial charge in [0.25, 0.3) is 11.8 Å². The molecule has 0 aromatic heterocycles. The molecule has 1 heterocycles. The number of halogens is 1. The van der Waals surface area contributed by atoms with Crippen molar-refractivity contribution in [3.05, 3.63) is 58.1 Å². The fourth-order valence-electron chi connectivity index (χ4n) is 3.20. The summed E-state index contributed by atoms with van der Waals surface area (Å²) in [5, 5.41) is 3.30. The van der Waals surface area contributed by atoms with E-state index in [2.05, 4.69) is 5.32 Å². The van der Waals surface area contributed by atoms with Crippen LogP contribution < -0.4 is 10.1 Å². The fraction of sp³-hybridized carbons (Fsp3) is 0.333. The van der Waals surface area contributed by atoms with Crippen molar-refractivity contribution in [3.8, 4) is 5.75 Å². The molecule has 2 amide bonds. The third-order valence-electron chi connectivity index (χ3n) is 4.59. The molecule has 6 heteroatoms. The van der Waals surface area contributed by atoms with E-state index >= 15 is 0 Å². The molecule has 1 fully saturated rings. The van der Waals surface area contributed by atoms with E-state index in [0.717, 1.165) is 37.2 Å². The fourth-order valence-corrected chi connectivity index (χ4v) is 3.37. The number of hydrogen-bond donors (Lipinski definition) is 1. The molecule has 2 aromatic rings. The Morgan fingerprint density at radius 1 is 1.15 bits per heavy atom. The largest absolute Gasteiger partial charge is 0.494 e. The Morgan fingerprint density at radius 3 is 2.56 bits per heavy atom. The van der Waals surface area contributed by atoms with Crippen LogP contribution in [0.4, 0.5) is 5.69 Å². The number of hydrogen-bond acceptors (Lipinski definition) is 3. The molecule has 0 aliphatic carbocycles. The van der Waals surface area contributed by atoms with Crippen LogP contribution in [-0.4, -0.2) is 36.4 Å². The Bertz CT molecular complexity index is 861. The van der Waals surface area contributed by atoms with Crippen LogP contribution in [0, 0.1) is 6.92 Å². The van der Waals surface area contributed by atoms with Gasteiger partial charge in [-0.15, -0.1) is 0 Å². The first kappa shape index (κ1) is 19.2. The van der Waals surface area contributed by atoms with Gasteiger partial charge in [0.2, 0.25) is 0 Å². The topological polar surface area (TPSA) is 58.6 Å². The van der Waals surface area contributed by atoms with Gasteiger partial charge in [-0.3, -0.25) is 9.59 Å². The van der Waals surface area contributed by atoms with Gasteiger partial charge in [-0.25, -0.2) is 0 Å². The van der Waals surface area contributed by atoms with E-state index in [0.29, 0.717) is 28.4 Å². The van der Waals surface area contributed by atoms with Crippen molar-refractivity contribution in [2.24, 2.45) is 0 Å². The van der Waals surface area contributed by atoms with Crippen molar-refractivity contribution in [2.75, 3.05) is 25.0 Å². The number of rotatable bonds is 5. The lowest BCUT2D eigenvalue weighted by atomic mass is 10.1. The highest BCUT2D eigenvalue weighted by Crippen LogP contribution is 2.26. The van der Waals surface area contributed by atoms with E-state index in [9.17, 15) is 9.59 Å². The maximum absolute atomic E-state index is 12.8. The van der Waals surface area contributed by atoms with Crippen LogP contribution in [-0.2, 0) is 0 Å². The second-order valence-corrected chi connectivity index (χ2v) is 6.99. The number of benzene rings is 2. The molecule has 3 rings (SSSR count). The molecule has 0 unspecified atom stereocenters. The van der Waals surface area contributed by atoms with Crippen LogP contribution in [0.25, 0.3) is 0 Å². The average molecular weight is 387 g/mol. The number of carbonyl (C=O) groups is 2. The van der Waals surface area contributed by atoms with Crippen molar-refractivity contribution < 1.29 is 14.3 Å². The Kier molecular flexibility index (Phi) is 6.01. The molecule has 1 aliphatic heterocycles. The standard InChI is InChI=1S/C21H23ClN2O3/c1-3-27-19-9-6-15(12-14(19)2)20(25)23-18-13-16(22)7-8-17(18)21(26)24-10-4-5-11-24/h6-9,12-13H,3-5,10-11H2,1-2H3,(H,23,25). The van der Waals surface area contributed by atoms with Crippen LogP contribution in [0.1, 0.15) is 46.0 Å². The van der Waals surface area contributed by atoms with Crippen molar-refractivity contribution >= 4 is 29.1 Å². The van der Waals surface area contributed by atoms with Gasteiger partial charge in [0.05, 0.1) is 17.9 Å². The molecular weight excluding hydrogens is 364 g/mol. The predicted molar refractivity (Wildman–Crippen MR) is 107 cm³/mol. The number of amides is 2. The van der Waals surface area contributed by atoms with Crippen LogP contribution in [0.2, 0.25) is 5.02 Å². The third kappa shape index (κ3) is 4.42. The van der Waals surface area contributed by atoms with Crippen molar-refractivity contribution in [1.82, 2.24) is 4.90 Å². The van der Waals surface area contributed by atoms with Gasteiger partial charge in [-0.2, -0.15) is 0 Å². The molecule has 142 valence electrons. The summed E-state index contributed by atoms with van der Waals surface area (Å²) >= 11 is 6.10. The monoisotopic (exact) mass is 386 g/mol. The van der Waals surface area contributed by atoms with Gasteiger partial charge < -0.3 is 15.0 Å². The lowest BCUT2D eigenvalue weighted by Crippen LogP contribution is -2.28. The SMILES string of the molecule is CCOc1ccc(C(=O)Nc2cc(Cl)ccc2C(=O)N2CCCC2)cc1C. The Balaban J connectivity index is 1.84. The van der Waals surface area contributed by atoms with Crippen LogP contribution in [0.15, 0.2) is 36.4 Å². The highest BCUT2D eigenvalue weighted by Gasteiger charge is 2.23. The molecule has 27 heavy (non-hydrogen) atoms. The average Bonchev–Trinajstić information content (AvgIpc) is 3.18. The summed E-state index contributed by atoms with van der Waals surface area (Å²) in [6.45, 7) is 5.86.